The van der Waals surface area contributed by atoms with Gasteiger partial charge in [0, 0.05) is 6.20 Å². The van der Waals surface area contributed by atoms with Gasteiger partial charge in [-0.3, -0.25) is 5.84 Å². The van der Waals surface area contributed by atoms with Crippen molar-refractivity contribution in [2.45, 2.75) is 25.3 Å². The predicted octanol–water partition coefficient (Wildman–Crippen LogP) is 1.50. The highest BCUT2D eigenvalue weighted by Gasteiger charge is 2.44. The standard InChI is InChI=1S/C9H12ClN3/c1-6-4-8(10)12-5-7(6)9(13-11)2-3-9/h4-5,13H,2-3,11H2,1H3. The Balaban J connectivity index is 2.41. The molecule has 1 aromatic heterocycles. The Morgan fingerprint density at radius 3 is 2.77 bits per heavy atom. The number of pyridine rings is 1. The van der Waals surface area contributed by atoms with Crippen LogP contribution in [0.15, 0.2) is 12.3 Å². The van der Waals surface area contributed by atoms with Gasteiger partial charge in [0.1, 0.15) is 5.15 Å². The van der Waals surface area contributed by atoms with E-state index in [2.05, 4.69) is 10.4 Å². The smallest absolute Gasteiger partial charge is 0.129 e. The second kappa shape index (κ2) is 2.94. The third kappa shape index (κ3) is 1.43. The van der Waals surface area contributed by atoms with Crippen LogP contribution in [-0.2, 0) is 5.54 Å². The van der Waals surface area contributed by atoms with Crippen molar-refractivity contribution < 1.29 is 0 Å². The van der Waals surface area contributed by atoms with Crippen LogP contribution in [0.5, 0.6) is 0 Å². The minimum absolute atomic E-state index is 0.0261. The Hall–Kier alpha value is -0.640. The molecule has 0 unspecified atom stereocenters. The minimum atomic E-state index is -0.0261. The average molecular weight is 198 g/mol. The van der Waals surface area contributed by atoms with E-state index >= 15 is 0 Å². The molecule has 1 aromatic rings. The van der Waals surface area contributed by atoms with Gasteiger partial charge in [0.05, 0.1) is 5.54 Å². The number of hydrazine groups is 1. The molecule has 1 fully saturated rings. The lowest BCUT2D eigenvalue weighted by Crippen LogP contribution is -2.35. The summed E-state index contributed by atoms with van der Waals surface area (Å²) >= 11 is 5.77. The van der Waals surface area contributed by atoms with Crippen molar-refractivity contribution >= 4 is 11.6 Å². The van der Waals surface area contributed by atoms with Crippen LogP contribution >= 0.6 is 11.6 Å². The first-order valence-corrected chi connectivity index (χ1v) is 4.66. The number of hydrogen-bond donors (Lipinski definition) is 2. The molecular formula is C9H12ClN3. The van der Waals surface area contributed by atoms with Crippen LogP contribution in [0.3, 0.4) is 0 Å². The van der Waals surface area contributed by atoms with Crippen molar-refractivity contribution in [1.29, 1.82) is 0 Å². The summed E-state index contributed by atoms with van der Waals surface area (Å²) in [6.45, 7) is 2.03. The quantitative estimate of drug-likeness (QED) is 0.429. The Labute approximate surface area is 82.3 Å². The summed E-state index contributed by atoms with van der Waals surface area (Å²) in [6.07, 6.45) is 3.96. The molecule has 1 heterocycles. The Morgan fingerprint density at radius 2 is 2.31 bits per heavy atom. The van der Waals surface area contributed by atoms with Crippen LogP contribution in [-0.4, -0.2) is 4.98 Å². The molecule has 0 atom stereocenters. The van der Waals surface area contributed by atoms with Crippen molar-refractivity contribution in [2.75, 3.05) is 0 Å². The van der Waals surface area contributed by atoms with Crippen molar-refractivity contribution in [2.24, 2.45) is 5.84 Å². The van der Waals surface area contributed by atoms with Gasteiger partial charge in [-0.25, -0.2) is 10.4 Å². The molecule has 1 aliphatic rings. The van der Waals surface area contributed by atoms with Crippen LogP contribution in [0.1, 0.15) is 24.0 Å². The van der Waals surface area contributed by atoms with Gasteiger partial charge in [0.25, 0.3) is 0 Å². The molecule has 2 rings (SSSR count). The molecule has 0 amide bonds. The first-order chi connectivity index (χ1) is 6.18. The van der Waals surface area contributed by atoms with E-state index in [1.807, 2.05) is 19.2 Å². The van der Waals surface area contributed by atoms with Crippen molar-refractivity contribution in [1.82, 2.24) is 10.4 Å². The van der Waals surface area contributed by atoms with Gasteiger partial charge >= 0.3 is 0 Å². The van der Waals surface area contributed by atoms with Gasteiger partial charge in [-0.05, 0) is 37.0 Å². The first kappa shape index (κ1) is 8.94. The maximum absolute atomic E-state index is 5.77. The van der Waals surface area contributed by atoms with E-state index in [1.54, 1.807) is 0 Å². The molecule has 0 spiro atoms. The van der Waals surface area contributed by atoms with Gasteiger partial charge < -0.3 is 0 Å². The molecule has 70 valence electrons. The molecule has 4 heteroatoms. The summed E-state index contributed by atoms with van der Waals surface area (Å²) < 4.78 is 0. The van der Waals surface area contributed by atoms with Gasteiger partial charge in [-0.2, -0.15) is 0 Å². The molecule has 13 heavy (non-hydrogen) atoms. The maximum atomic E-state index is 5.77. The molecule has 0 saturated heterocycles. The van der Waals surface area contributed by atoms with Crippen LogP contribution in [0.4, 0.5) is 0 Å². The van der Waals surface area contributed by atoms with E-state index in [1.165, 1.54) is 5.56 Å². The Morgan fingerprint density at radius 1 is 1.62 bits per heavy atom. The fourth-order valence-electron chi connectivity index (χ4n) is 1.64. The van der Waals surface area contributed by atoms with E-state index in [0.717, 1.165) is 18.4 Å². The number of nitrogens with zero attached hydrogens (tertiary/aromatic N) is 1. The number of nitrogens with one attached hydrogen (secondary N) is 1. The summed E-state index contributed by atoms with van der Waals surface area (Å²) in [4.78, 5) is 4.06. The van der Waals surface area contributed by atoms with E-state index in [0.29, 0.717) is 5.15 Å². The van der Waals surface area contributed by atoms with Crippen LogP contribution in [0.2, 0.25) is 5.15 Å². The zero-order chi connectivity index (χ0) is 9.47. The summed E-state index contributed by atoms with van der Waals surface area (Å²) in [5.74, 6) is 5.50. The summed E-state index contributed by atoms with van der Waals surface area (Å²) in [6, 6.07) is 1.87. The number of rotatable bonds is 2. The molecule has 0 radical (unpaired) electrons. The largest absolute Gasteiger partial charge is 0.271 e. The molecule has 3 N–H and O–H groups in total. The molecule has 0 aliphatic heterocycles. The van der Waals surface area contributed by atoms with Crippen molar-refractivity contribution in [3.8, 4) is 0 Å². The maximum Gasteiger partial charge on any atom is 0.129 e. The molecule has 1 aliphatic carbocycles. The highest BCUT2D eigenvalue weighted by atomic mass is 35.5. The third-order valence-corrected chi connectivity index (χ3v) is 2.83. The number of halogens is 1. The van der Waals surface area contributed by atoms with Crippen LogP contribution in [0, 0.1) is 6.92 Å². The topological polar surface area (TPSA) is 50.9 Å². The predicted molar refractivity (Wildman–Crippen MR) is 52.2 cm³/mol. The lowest BCUT2D eigenvalue weighted by molar-refractivity contribution is 0.537. The van der Waals surface area contributed by atoms with Crippen LogP contribution in [0.25, 0.3) is 0 Å². The number of nitrogens with two attached hydrogens (primary N) is 1. The molecular weight excluding hydrogens is 186 g/mol. The van der Waals surface area contributed by atoms with Crippen molar-refractivity contribution in [3.05, 3.63) is 28.5 Å². The minimum Gasteiger partial charge on any atom is -0.271 e. The average Bonchev–Trinajstić information content (AvgIpc) is 2.85. The third-order valence-electron chi connectivity index (χ3n) is 2.62. The first-order valence-electron chi connectivity index (χ1n) is 4.28. The van der Waals surface area contributed by atoms with Gasteiger partial charge in [0.2, 0.25) is 0 Å². The van der Waals surface area contributed by atoms with Gasteiger partial charge in [-0.15, -0.1) is 0 Å². The molecule has 0 aromatic carbocycles. The van der Waals surface area contributed by atoms with E-state index in [4.69, 9.17) is 17.4 Å². The zero-order valence-corrected chi connectivity index (χ0v) is 8.23. The Kier molecular flexibility index (Phi) is 2.02. The van der Waals surface area contributed by atoms with Gasteiger partial charge in [0.15, 0.2) is 0 Å². The highest BCUT2D eigenvalue weighted by Crippen LogP contribution is 2.45. The summed E-state index contributed by atoms with van der Waals surface area (Å²) in [7, 11) is 0. The van der Waals surface area contributed by atoms with Crippen molar-refractivity contribution in [3.63, 3.8) is 0 Å². The molecule has 1 saturated carbocycles. The number of aryl methyl sites for hydroxylation is 1. The van der Waals surface area contributed by atoms with E-state index in [-0.39, 0.29) is 5.54 Å². The van der Waals surface area contributed by atoms with Gasteiger partial charge in [-0.1, -0.05) is 11.6 Å². The summed E-state index contributed by atoms with van der Waals surface area (Å²) in [5.41, 5.74) is 5.13. The SMILES string of the molecule is Cc1cc(Cl)ncc1C1(NN)CC1. The monoisotopic (exact) mass is 197 g/mol. The van der Waals surface area contributed by atoms with Crippen LogP contribution < -0.4 is 11.3 Å². The highest BCUT2D eigenvalue weighted by molar-refractivity contribution is 6.29. The second-order valence-electron chi connectivity index (χ2n) is 3.55. The summed E-state index contributed by atoms with van der Waals surface area (Å²) in [5, 5.41) is 0.536. The second-order valence-corrected chi connectivity index (χ2v) is 3.94. The van der Waals surface area contributed by atoms with E-state index in [9.17, 15) is 0 Å². The normalized spacial score (nSPS) is 18.7. The number of aromatic nitrogens is 1. The lowest BCUT2D eigenvalue weighted by Gasteiger charge is -2.16. The zero-order valence-electron chi connectivity index (χ0n) is 7.47. The molecule has 0 bridgehead atoms. The lowest BCUT2D eigenvalue weighted by atomic mass is 10.0. The Bertz CT molecular complexity index is 334. The number of hydrogen-bond acceptors (Lipinski definition) is 3. The van der Waals surface area contributed by atoms with E-state index < -0.39 is 0 Å². The fourth-order valence-corrected chi connectivity index (χ4v) is 1.85. The fraction of sp³-hybridized carbons (Fsp3) is 0.444. The molecule has 3 nitrogen and oxygen atoms in total.